The predicted molar refractivity (Wildman–Crippen MR) is 153 cm³/mol. The van der Waals surface area contributed by atoms with Crippen molar-refractivity contribution in [2.24, 2.45) is 0 Å². The van der Waals surface area contributed by atoms with Crippen LogP contribution in [0.1, 0.15) is 168 Å². The zero-order valence-electron chi connectivity index (χ0n) is 24.3. The van der Waals surface area contributed by atoms with Gasteiger partial charge in [0, 0.05) is 12.8 Å². The molecule has 1 atom stereocenters. The van der Waals surface area contributed by atoms with Crippen molar-refractivity contribution in [3.8, 4) is 0 Å². The van der Waals surface area contributed by atoms with Crippen LogP contribution in [-0.4, -0.2) is 35.6 Å². The van der Waals surface area contributed by atoms with Crippen molar-refractivity contribution < 1.29 is 24.2 Å². The Morgan fingerprint density at radius 3 is 1.30 bits per heavy atom. The van der Waals surface area contributed by atoms with Gasteiger partial charge < -0.3 is 15.2 Å². The monoisotopic (exact) mass is 525 g/mol. The number of amides is 1. The molecule has 0 aliphatic carbocycles. The summed E-state index contributed by atoms with van der Waals surface area (Å²) in [6.45, 7) is 4.15. The maximum Gasteiger partial charge on any atom is 0.329 e. The fraction of sp³-hybridized carbons (Fsp3) is 0.903. The molecular weight excluding hydrogens is 466 g/mol. The minimum absolute atomic E-state index is 0.289. The van der Waals surface area contributed by atoms with E-state index < -0.39 is 12.0 Å². The van der Waals surface area contributed by atoms with Crippen molar-refractivity contribution in [2.75, 3.05) is 6.61 Å². The zero-order chi connectivity index (χ0) is 27.4. The van der Waals surface area contributed by atoms with Gasteiger partial charge in [-0.15, -0.1) is 0 Å². The van der Waals surface area contributed by atoms with Crippen LogP contribution in [0.5, 0.6) is 0 Å². The van der Waals surface area contributed by atoms with Crippen LogP contribution in [0.25, 0.3) is 0 Å². The lowest BCUT2D eigenvalue weighted by molar-refractivity contribution is -0.150. The molecule has 0 spiro atoms. The lowest BCUT2D eigenvalue weighted by Crippen LogP contribution is -2.44. The summed E-state index contributed by atoms with van der Waals surface area (Å²) in [5.41, 5.74) is 0. The van der Waals surface area contributed by atoms with Crippen molar-refractivity contribution in [1.29, 1.82) is 0 Å². The Morgan fingerprint density at radius 2 is 0.919 bits per heavy atom. The molecule has 0 unspecified atom stereocenters. The Balaban J connectivity index is 3.69. The van der Waals surface area contributed by atoms with Crippen LogP contribution in [0.3, 0.4) is 0 Å². The smallest absolute Gasteiger partial charge is 0.329 e. The summed E-state index contributed by atoms with van der Waals surface area (Å²) in [7, 11) is 0. The molecule has 0 fully saturated rings. The summed E-state index contributed by atoms with van der Waals surface area (Å²) < 4.78 is 5.14. The fourth-order valence-corrected chi connectivity index (χ4v) is 4.57. The van der Waals surface area contributed by atoms with Gasteiger partial charge in [0.05, 0.1) is 0 Å². The fourth-order valence-electron chi connectivity index (χ4n) is 4.57. The predicted octanol–water partition coefficient (Wildman–Crippen LogP) is 8.50. The molecular formula is C31H59NO5. The first-order valence-corrected chi connectivity index (χ1v) is 15.7. The first-order valence-electron chi connectivity index (χ1n) is 15.7. The average molecular weight is 526 g/mol. The van der Waals surface area contributed by atoms with Gasteiger partial charge in [-0.3, -0.25) is 9.59 Å². The van der Waals surface area contributed by atoms with Crippen molar-refractivity contribution >= 4 is 17.8 Å². The van der Waals surface area contributed by atoms with E-state index in [1.807, 2.05) is 0 Å². The van der Waals surface area contributed by atoms with Gasteiger partial charge in [-0.25, -0.2) is 4.79 Å². The summed E-state index contributed by atoms with van der Waals surface area (Å²) in [6.07, 6.45) is 27.2. The average Bonchev–Trinajstić information content (AvgIpc) is 2.88. The normalized spacial score (nSPS) is 11.8. The molecule has 0 aromatic rings. The van der Waals surface area contributed by atoms with Crippen LogP contribution in [0.15, 0.2) is 0 Å². The molecule has 6 heteroatoms. The number of carboxylic acid groups (broad SMARTS) is 1. The van der Waals surface area contributed by atoms with Gasteiger partial charge in [-0.05, 0) is 12.8 Å². The van der Waals surface area contributed by atoms with Crippen LogP contribution in [0.4, 0.5) is 0 Å². The van der Waals surface area contributed by atoms with Crippen molar-refractivity contribution in [3.05, 3.63) is 0 Å². The van der Waals surface area contributed by atoms with Gasteiger partial charge in [0.15, 0.2) is 6.04 Å². The highest BCUT2D eigenvalue weighted by Gasteiger charge is 2.21. The molecule has 1 amide bonds. The largest absolute Gasteiger partial charge is 0.480 e. The third-order valence-electron chi connectivity index (χ3n) is 7.04. The van der Waals surface area contributed by atoms with E-state index in [2.05, 4.69) is 19.2 Å². The van der Waals surface area contributed by atoms with Gasteiger partial charge in [0.1, 0.15) is 6.61 Å². The van der Waals surface area contributed by atoms with E-state index in [-0.39, 0.29) is 18.5 Å². The molecule has 6 nitrogen and oxygen atoms in total. The highest BCUT2D eigenvalue weighted by atomic mass is 16.5. The maximum atomic E-state index is 12.1. The van der Waals surface area contributed by atoms with E-state index in [1.54, 1.807) is 0 Å². The third-order valence-corrected chi connectivity index (χ3v) is 7.04. The van der Waals surface area contributed by atoms with Gasteiger partial charge in [0.2, 0.25) is 5.91 Å². The zero-order valence-corrected chi connectivity index (χ0v) is 24.3. The topological polar surface area (TPSA) is 92.7 Å². The molecule has 0 aliphatic heterocycles. The molecule has 37 heavy (non-hydrogen) atoms. The van der Waals surface area contributed by atoms with E-state index in [1.165, 1.54) is 103 Å². The number of aliphatic carboxylic acids is 1. The quantitative estimate of drug-likeness (QED) is 0.0789. The molecule has 2 N–H and O–H groups in total. The van der Waals surface area contributed by atoms with Crippen molar-refractivity contribution in [3.63, 3.8) is 0 Å². The molecule has 0 bridgehead atoms. The number of nitrogens with one attached hydrogen (secondary N) is 1. The van der Waals surface area contributed by atoms with E-state index in [9.17, 15) is 19.5 Å². The van der Waals surface area contributed by atoms with E-state index >= 15 is 0 Å². The highest BCUT2D eigenvalue weighted by molar-refractivity contribution is 5.83. The standard InChI is InChI=1S/C31H59NO5/c1-3-5-7-9-11-13-14-15-16-18-20-22-24-26-30(34)37-27-28(31(35)36)32-29(33)25-23-21-19-17-12-10-8-6-4-2/h28H,3-27H2,1-2H3,(H,32,33)(H,35,36)/t28-/m0/s1. The lowest BCUT2D eigenvalue weighted by Gasteiger charge is -2.15. The minimum atomic E-state index is -1.18. The minimum Gasteiger partial charge on any atom is -0.480 e. The Hall–Kier alpha value is -1.59. The highest BCUT2D eigenvalue weighted by Crippen LogP contribution is 2.13. The molecule has 0 aromatic heterocycles. The van der Waals surface area contributed by atoms with Gasteiger partial charge in [-0.1, -0.05) is 142 Å². The van der Waals surface area contributed by atoms with E-state index in [0.29, 0.717) is 12.8 Å². The number of carboxylic acids is 1. The molecule has 0 aromatic carbocycles. The SMILES string of the molecule is CCCCCCCCCCCCCCCC(=O)OC[C@H](NC(=O)CCCCCCCCCCC)C(=O)O. The first-order chi connectivity index (χ1) is 18.0. The van der Waals surface area contributed by atoms with Crippen LogP contribution in [0, 0.1) is 0 Å². The Bertz CT molecular complexity index is 552. The lowest BCUT2D eigenvalue weighted by atomic mass is 10.0. The molecule has 0 saturated heterocycles. The van der Waals surface area contributed by atoms with Crippen molar-refractivity contribution in [1.82, 2.24) is 5.32 Å². The van der Waals surface area contributed by atoms with Crippen LogP contribution < -0.4 is 5.32 Å². The second kappa shape index (κ2) is 27.4. The van der Waals surface area contributed by atoms with E-state index in [4.69, 9.17) is 4.74 Å². The molecule has 0 radical (unpaired) electrons. The van der Waals surface area contributed by atoms with E-state index in [0.717, 1.165) is 38.5 Å². The summed E-state index contributed by atoms with van der Waals surface area (Å²) >= 11 is 0. The van der Waals surface area contributed by atoms with Gasteiger partial charge >= 0.3 is 11.9 Å². The number of hydrogen-bond donors (Lipinski definition) is 2. The molecule has 0 aliphatic rings. The summed E-state index contributed by atoms with van der Waals surface area (Å²) in [5, 5.41) is 11.9. The number of carbonyl (C=O) groups is 3. The number of ether oxygens (including phenoxy) is 1. The molecule has 0 rings (SSSR count). The molecule has 0 heterocycles. The van der Waals surface area contributed by atoms with Crippen LogP contribution in [-0.2, 0) is 19.1 Å². The Kier molecular flexibility index (Phi) is 26.3. The van der Waals surface area contributed by atoms with Crippen molar-refractivity contribution in [2.45, 2.75) is 174 Å². The number of unbranched alkanes of at least 4 members (excludes halogenated alkanes) is 20. The first kappa shape index (κ1) is 35.4. The molecule has 0 saturated carbocycles. The Morgan fingerprint density at radius 1 is 0.568 bits per heavy atom. The summed E-state index contributed by atoms with van der Waals surface area (Å²) in [4.78, 5) is 35.5. The summed E-state index contributed by atoms with van der Waals surface area (Å²) in [6, 6.07) is -1.18. The second-order valence-electron chi connectivity index (χ2n) is 10.7. The Labute approximate surface area is 228 Å². The number of rotatable bonds is 28. The third kappa shape index (κ3) is 25.8. The van der Waals surface area contributed by atoms with Gasteiger partial charge in [-0.2, -0.15) is 0 Å². The number of esters is 1. The number of hydrogen-bond acceptors (Lipinski definition) is 4. The maximum absolute atomic E-state index is 12.1. The molecule has 218 valence electrons. The summed E-state index contributed by atoms with van der Waals surface area (Å²) in [5.74, 6) is -1.85. The van der Waals surface area contributed by atoms with Crippen LogP contribution in [0.2, 0.25) is 0 Å². The second-order valence-corrected chi connectivity index (χ2v) is 10.7. The van der Waals surface area contributed by atoms with Gasteiger partial charge in [0.25, 0.3) is 0 Å². The number of carbonyl (C=O) groups excluding carboxylic acids is 2. The van der Waals surface area contributed by atoms with Crippen LogP contribution >= 0.6 is 0 Å².